The van der Waals surface area contributed by atoms with E-state index in [1.165, 1.54) is 22.1 Å². The first kappa shape index (κ1) is 28.3. The van der Waals surface area contributed by atoms with Crippen LogP contribution in [0.25, 0.3) is 11.1 Å². The van der Waals surface area contributed by atoms with E-state index in [0.29, 0.717) is 6.42 Å². The number of carbonyl (C=O) groups excluding carboxylic acids is 1. The molecule has 38 heavy (non-hydrogen) atoms. The van der Waals surface area contributed by atoms with E-state index >= 15 is 0 Å². The maximum atomic E-state index is 13.0. The van der Waals surface area contributed by atoms with Crippen LogP contribution in [0.1, 0.15) is 25.8 Å². The maximum absolute atomic E-state index is 13.0. The molecule has 1 unspecified atom stereocenters. The van der Waals surface area contributed by atoms with Gasteiger partial charge in [-0.05, 0) is 49.1 Å². The Kier molecular flexibility index (Phi) is 8.89. The standard InChI is InChI=1S/C28H38N4O5S/c1-28(2,21-37-3)31-18-16-30(17-19-31)20-22-4-6-23(7-5-22)24-8-10-26(11-9-24)38(35,36)32-14-12-25(13-15-32)27(33)29-34/h4-12,14,25,34H,13,15-21H2,1-3H3,(H,29,33). The predicted octanol–water partition coefficient (Wildman–Crippen LogP) is 2.93. The van der Waals surface area contributed by atoms with E-state index in [1.54, 1.807) is 24.7 Å². The van der Waals surface area contributed by atoms with Gasteiger partial charge < -0.3 is 4.74 Å². The second-order valence-corrected chi connectivity index (χ2v) is 12.4. The van der Waals surface area contributed by atoms with E-state index in [4.69, 9.17) is 9.94 Å². The van der Waals surface area contributed by atoms with Crippen molar-refractivity contribution in [2.75, 3.05) is 46.4 Å². The summed E-state index contributed by atoms with van der Waals surface area (Å²) in [4.78, 5) is 16.7. The van der Waals surface area contributed by atoms with Crippen molar-refractivity contribution in [1.82, 2.24) is 19.6 Å². The molecule has 2 N–H and O–H groups in total. The molecule has 0 aromatic heterocycles. The lowest BCUT2D eigenvalue weighted by Gasteiger charge is -2.43. The summed E-state index contributed by atoms with van der Waals surface area (Å²) in [7, 11) is -1.97. The van der Waals surface area contributed by atoms with Crippen molar-refractivity contribution in [3.05, 3.63) is 66.4 Å². The normalized spacial score (nSPS) is 19.5. The Balaban J connectivity index is 1.34. The van der Waals surface area contributed by atoms with Crippen molar-refractivity contribution in [1.29, 1.82) is 0 Å². The zero-order chi connectivity index (χ0) is 27.3. The summed E-state index contributed by atoms with van der Waals surface area (Å²) in [5.41, 5.74) is 4.88. The number of ether oxygens (including phenoxy) is 1. The van der Waals surface area contributed by atoms with Crippen molar-refractivity contribution in [3.8, 4) is 11.1 Å². The second kappa shape index (κ2) is 12.0. The first-order valence-electron chi connectivity index (χ1n) is 12.9. The Hall–Kier alpha value is -2.76. The molecule has 0 bridgehead atoms. The molecule has 2 heterocycles. The lowest BCUT2D eigenvalue weighted by Crippen LogP contribution is -2.56. The molecule has 1 amide bonds. The van der Waals surface area contributed by atoms with Gasteiger partial charge in [-0.3, -0.25) is 24.1 Å². The van der Waals surface area contributed by atoms with Gasteiger partial charge in [0.2, 0.25) is 5.91 Å². The van der Waals surface area contributed by atoms with Crippen molar-refractivity contribution in [3.63, 3.8) is 0 Å². The molecule has 9 nitrogen and oxygen atoms in total. The summed E-state index contributed by atoms with van der Waals surface area (Å²) in [5, 5.41) is 8.78. The van der Waals surface area contributed by atoms with E-state index in [9.17, 15) is 13.2 Å². The third kappa shape index (κ3) is 6.44. The molecule has 1 atom stereocenters. The number of hydrogen-bond acceptors (Lipinski definition) is 7. The van der Waals surface area contributed by atoms with Gasteiger partial charge in [0.1, 0.15) is 0 Å². The average molecular weight is 543 g/mol. The average Bonchev–Trinajstić information content (AvgIpc) is 2.93. The molecule has 1 fully saturated rings. The Labute approximate surface area is 225 Å². The Morgan fingerprint density at radius 1 is 1.00 bits per heavy atom. The smallest absolute Gasteiger partial charge is 0.263 e. The van der Waals surface area contributed by atoms with Crippen LogP contribution < -0.4 is 5.48 Å². The molecule has 1 saturated heterocycles. The summed E-state index contributed by atoms with van der Waals surface area (Å²) in [6.45, 7) is 10.3. The molecule has 4 rings (SSSR count). The molecule has 2 aliphatic heterocycles. The van der Waals surface area contributed by atoms with Crippen LogP contribution in [0.4, 0.5) is 0 Å². The first-order chi connectivity index (χ1) is 18.1. The highest BCUT2D eigenvalue weighted by Crippen LogP contribution is 2.26. The fraction of sp³-hybridized carbons (Fsp3) is 0.464. The third-order valence-electron chi connectivity index (χ3n) is 7.47. The number of hydrogen-bond donors (Lipinski definition) is 2. The molecule has 10 heteroatoms. The lowest BCUT2D eigenvalue weighted by molar-refractivity contribution is -0.132. The zero-order valence-electron chi connectivity index (χ0n) is 22.3. The van der Waals surface area contributed by atoms with Crippen molar-refractivity contribution >= 4 is 15.9 Å². The number of rotatable bonds is 9. The van der Waals surface area contributed by atoms with Gasteiger partial charge in [-0.1, -0.05) is 42.5 Å². The van der Waals surface area contributed by atoms with Gasteiger partial charge in [0, 0.05) is 58.1 Å². The summed E-state index contributed by atoms with van der Waals surface area (Å²) in [6, 6.07) is 15.3. The third-order valence-corrected chi connectivity index (χ3v) is 9.26. The van der Waals surface area contributed by atoms with Crippen molar-refractivity contribution < 1.29 is 23.2 Å². The highest BCUT2D eigenvalue weighted by atomic mass is 32.2. The van der Waals surface area contributed by atoms with E-state index in [2.05, 4.69) is 47.9 Å². The minimum Gasteiger partial charge on any atom is -0.383 e. The van der Waals surface area contributed by atoms with E-state index < -0.39 is 21.8 Å². The van der Waals surface area contributed by atoms with Crippen LogP contribution in [-0.2, 0) is 26.1 Å². The number of benzene rings is 2. The molecule has 2 aliphatic rings. The Morgan fingerprint density at radius 2 is 1.61 bits per heavy atom. The topological polar surface area (TPSA) is 102 Å². The van der Waals surface area contributed by atoms with E-state index in [1.807, 2.05) is 12.1 Å². The second-order valence-electron chi connectivity index (χ2n) is 10.6. The molecule has 0 radical (unpaired) electrons. The van der Waals surface area contributed by atoms with Gasteiger partial charge in [-0.2, -0.15) is 0 Å². The maximum Gasteiger partial charge on any atom is 0.263 e. The monoisotopic (exact) mass is 542 g/mol. The van der Waals surface area contributed by atoms with Gasteiger partial charge in [-0.25, -0.2) is 13.9 Å². The van der Waals surface area contributed by atoms with Gasteiger partial charge in [0.05, 0.1) is 17.4 Å². The van der Waals surface area contributed by atoms with Gasteiger partial charge in [-0.15, -0.1) is 0 Å². The van der Waals surface area contributed by atoms with Crippen LogP contribution in [0.3, 0.4) is 0 Å². The number of piperazine rings is 1. The van der Waals surface area contributed by atoms with Gasteiger partial charge in [0.15, 0.2) is 0 Å². The number of nitrogens with one attached hydrogen (secondary N) is 1. The Bertz CT molecular complexity index is 1220. The van der Waals surface area contributed by atoms with Crippen LogP contribution >= 0.6 is 0 Å². The first-order valence-corrected chi connectivity index (χ1v) is 14.4. The van der Waals surface area contributed by atoms with Gasteiger partial charge in [0.25, 0.3) is 10.0 Å². The summed E-state index contributed by atoms with van der Waals surface area (Å²) < 4.78 is 32.7. The van der Waals surface area contributed by atoms with Crippen LogP contribution in [0.2, 0.25) is 0 Å². The number of amides is 1. The van der Waals surface area contributed by atoms with Gasteiger partial charge >= 0.3 is 0 Å². The fourth-order valence-corrected chi connectivity index (χ4v) is 6.44. The zero-order valence-corrected chi connectivity index (χ0v) is 23.2. The number of methoxy groups -OCH3 is 1. The SMILES string of the molecule is COCC(C)(C)N1CCN(Cc2ccc(-c3ccc(S(=O)(=O)N4C=CC(C(=O)NO)CC4)cc3)cc2)CC1. The molecule has 0 aliphatic carbocycles. The highest BCUT2D eigenvalue weighted by molar-refractivity contribution is 7.89. The van der Waals surface area contributed by atoms with E-state index in [0.717, 1.165) is 50.5 Å². The molecule has 2 aromatic rings. The number of carbonyl (C=O) groups is 1. The van der Waals surface area contributed by atoms with E-state index in [-0.39, 0.29) is 17.0 Å². The summed E-state index contributed by atoms with van der Waals surface area (Å²) in [6.07, 6.45) is 3.18. The quantitative estimate of drug-likeness (QED) is 0.371. The van der Waals surface area contributed by atoms with Crippen LogP contribution in [0.15, 0.2) is 65.7 Å². The molecular weight excluding hydrogens is 504 g/mol. The van der Waals surface area contributed by atoms with Crippen LogP contribution in [0, 0.1) is 5.92 Å². The Morgan fingerprint density at radius 3 is 2.13 bits per heavy atom. The minimum atomic E-state index is -3.72. The molecule has 2 aromatic carbocycles. The van der Waals surface area contributed by atoms with Crippen LogP contribution in [-0.4, -0.2) is 85.6 Å². The molecule has 0 spiro atoms. The van der Waals surface area contributed by atoms with Crippen molar-refractivity contribution in [2.24, 2.45) is 5.92 Å². The fourth-order valence-electron chi connectivity index (χ4n) is 5.11. The van der Waals surface area contributed by atoms with Crippen LogP contribution in [0.5, 0.6) is 0 Å². The number of sulfonamides is 1. The molecular formula is C28H38N4O5S. The van der Waals surface area contributed by atoms with Crippen molar-refractivity contribution in [2.45, 2.75) is 37.2 Å². The number of hydroxylamine groups is 1. The largest absolute Gasteiger partial charge is 0.383 e. The summed E-state index contributed by atoms with van der Waals surface area (Å²) >= 11 is 0. The number of nitrogens with zero attached hydrogens (tertiary/aromatic N) is 3. The molecule has 0 saturated carbocycles. The predicted molar refractivity (Wildman–Crippen MR) is 146 cm³/mol. The minimum absolute atomic E-state index is 0.0450. The lowest BCUT2D eigenvalue weighted by atomic mass is 10.0. The highest BCUT2D eigenvalue weighted by Gasteiger charge is 2.30. The summed E-state index contributed by atoms with van der Waals surface area (Å²) in [5.74, 6) is -1.09. The molecule has 206 valence electrons.